The first kappa shape index (κ1) is 9.51. The molecule has 11 heavy (non-hydrogen) atoms. The average molecular weight is 286 g/mol. The van der Waals surface area contributed by atoms with Crippen molar-refractivity contribution in [2.45, 2.75) is 6.10 Å². The first-order valence-corrected chi connectivity index (χ1v) is 4.11. The van der Waals surface area contributed by atoms with Crippen LogP contribution in [0, 0.1) is 0 Å². The largest absolute Gasteiger partial charge is 0.390 e. The summed E-state index contributed by atoms with van der Waals surface area (Å²) < 4.78 is 1.19. The van der Waals surface area contributed by atoms with Gasteiger partial charge in [-0.05, 0) is 0 Å². The van der Waals surface area contributed by atoms with Crippen molar-refractivity contribution in [2.75, 3.05) is 19.6 Å². The lowest BCUT2D eigenvalue weighted by atomic mass is 10.4. The molecule has 1 saturated heterocycles. The highest BCUT2D eigenvalue weighted by Gasteiger charge is 2.30. The maximum absolute atomic E-state index is 9.19. The molecule has 2 rings (SSSR count). The van der Waals surface area contributed by atoms with Gasteiger partial charge < -0.3 is 10.1 Å². The second-order valence-electron chi connectivity index (χ2n) is 2.70. The zero-order valence-electron chi connectivity index (χ0n) is 5.90. The van der Waals surface area contributed by atoms with Crippen molar-refractivity contribution in [3.8, 4) is 0 Å². The van der Waals surface area contributed by atoms with Gasteiger partial charge in [0.1, 0.15) is 0 Å². The van der Waals surface area contributed by atoms with Gasteiger partial charge in [0.05, 0.1) is 19.2 Å². The first-order valence-electron chi connectivity index (χ1n) is 3.31. The molecule has 0 aromatic carbocycles. The molecule has 64 valence electrons. The molecule has 5 heteroatoms. The second kappa shape index (κ2) is 3.43. The number of rotatable bonds is 0. The molecule has 0 amide bonds. The van der Waals surface area contributed by atoms with Crippen LogP contribution in [0.25, 0.3) is 0 Å². The summed E-state index contributed by atoms with van der Waals surface area (Å²) in [7, 11) is 0. The van der Waals surface area contributed by atoms with Crippen LogP contribution in [0.5, 0.6) is 0 Å². The van der Waals surface area contributed by atoms with Crippen molar-refractivity contribution in [3.63, 3.8) is 0 Å². The van der Waals surface area contributed by atoms with Crippen LogP contribution in [0.15, 0.2) is 10.7 Å². The summed E-state index contributed by atoms with van der Waals surface area (Å²) >= 11 is 3.41. The summed E-state index contributed by atoms with van der Waals surface area (Å²) in [5, 5.41) is 13.4. The Morgan fingerprint density at radius 2 is 2.27 bits per heavy atom. The summed E-state index contributed by atoms with van der Waals surface area (Å²) in [5.41, 5.74) is 0. The van der Waals surface area contributed by atoms with Crippen LogP contribution in [0.3, 0.4) is 0 Å². The van der Waals surface area contributed by atoms with Gasteiger partial charge in [-0.25, -0.2) is 5.01 Å². The lowest BCUT2D eigenvalue weighted by molar-refractivity contribution is 0.116. The normalized spacial score (nSPS) is 29.8. The third kappa shape index (κ3) is 1.77. The third-order valence-electron chi connectivity index (χ3n) is 1.81. The van der Waals surface area contributed by atoms with Gasteiger partial charge in [0.25, 0.3) is 0 Å². The van der Waals surface area contributed by atoms with Crippen LogP contribution >= 0.6 is 32.9 Å². The van der Waals surface area contributed by atoms with Crippen molar-refractivity contribution in [1.82, 2.24) is 10.0 Å². The summed E-state index contributed by atoms with van der Waals surface area (Å²) in [6.45, 7) is 2.43. The fourth-order valence-electron chi connectivity index (χ4n) is 1.40. The van der Waals surface area contributed by atoms with Crippen LogP contribution in [0.1, 0.15) is 0 Å². The highest BCUT2D eigenvalue weighted by Crippen LogP contribution is 2.23. The fourth-order valence-corrected chi connectivity index (χ4v) is 1.93. The van der Waals surface area contributed by atoms with Gasteiger partial charge in [0, 0.05) is 17.2 Å². The zero-order valence-corrected chi connectivity index (χ0v) is 9.20. The molecule has 1 fully saturated rings. The number of hydrogen-bond donors (Lipinski definition) is 1. The Balaban J connectivity index is 0.000000605. The fraction of sp³-hybridized carbons (Fsp3) is 0.667. The molecule has 1 atom stereocenters. The standard InChI is InChI=1S/C6H9BrN2O.BrH/c7-5-1-8-3-6(10)4-9(8)2-5;/h1,6,10H,2-4H2;1H. The molecule has 0 radical (unpaired) electrons. The Bertz CT molecular complexity index is 185. The summed E-state index contributed by atoms with van der Waals surface area (Å²) in [6.07, 6.45) is 1.85. The maximum atomic E-state index is 9.19. The second-order valence-corrected chi connectivity index (χ2v) is 3.72. The Morgan fingerprint density at radius 1 is 1.55 bits per heavy atom. The molecule has 0 saturated carbocycles. The summed E-state index contributed by atoms with van der Waals surface area (Å²) in [4.78, 5) is 0. The average Bonchev–Trinajstić information content (AvgIpc) is 2.21. The number of hydrogen-bond acceptors (Lipinski definition) is 3. The lowest BCUT2D eigenvalue weighted by Gasteiger charge is -2.17. The van der Waals surface area contributed by atoms with E-state index in [0.717, 1.165) is 19.6 Å². The topological polar surface area (TPSA) is 26.7 Å². The van der Waals surface area contributed by atoms with Gasteiger partial charge in [-0.3, -0.25) is 0 Å². The van der Waals surface area contributed by atoms with Gasteiger partial charge in [0.15, 0.2) is 0 Å². The monoisotopic (exact) mass is 284 g/mol. The molecular weight excluding hydrogens is 276 g/mol. The number of nitrogens with zero attached hydrogens (tertiary/aromatic N) is 2. The number of hydrazine groups is 1. The predicted molar refractivity (Wildman–Crippen MR) is 51.6 cm³/mol. The number of halogens is 2. The van der Waals surface area contributed by atoms with Crippen molar-refractivity contribution < 1.29 is 5.11 Å². The quantitative estimate of drug-likeness (QED) is 0.710. The molecule has 2 aliphatic rings. The first-order chi connectivity index (χ1) is 4.75. The van der Waals surface area contributed by atoms with E-state index in [9.17, 15) is 5.11 Å². The number of fused-ring (bicyclic) bond motifs is 1. The Kier molecular flexibility index (Phi) is 2.96. The van der Waals surface area contributed by atoms with E-state index in [1.807, 2.05) is 6.20 Å². The van der Waals surface area contributed by atoms with Crippen molar-refractivity contribution in [3.05, 3.63) is 10.7 Å². The highest BCUT2D eigenvalue weighted by atomic mass is 79.9. The molecule has 1 N–H and O–H groups in total. The van der Waals surface area contributed by atoms with Crippen molar-refractivity contribution in [1.29, 1.82) is 0 Å². The third-order valence-corrected chi connectivity index (χ3v) is 2.26. The lowest BCUT2D eigenvalue weighted by Crippen LogP contribution is -2.27. The molecule has 0 spiro atoms. The van der Waals surface area contributed by atoms with Crippen molar-refractivity contribution in [2.24, 2.45) is 0 Å². The summed E-state index contributed by atoms with van der Waals surface area (Å²) in [6, 6.07) is 0. The maximum Gasteiger partial charge on any atom is 0.0875 e. The zero-order chi connectivity index (χ0) is 7.14. The van der Waals surface area contributed by atoms with E-state index < -0.39 is 0 Å². The molecule has 0 aromatic rings. The van der Waals surface area contributed by atoms with Gasteiger partial charge in [-0.15, -0.1) is 17.0 Å². The van der Waals surface area contributed by atoms with Gasteiger partial charge >= 0.3 is 0 Å². The SMILES string of the molecule is Br.OC1CN2C=C(Br)CN2C1. The van der Waals surface area contributed by atoms with Crippen LogP contribution in [0.4, 0.5) is 0 Å². The van der Waals surface area contributed by atoms with Crippen LogP contribution in [-0.2, 0) is 0 Å². The molecular formula is C6H10Br2N2O. The molecule has 0 aliphatic carbocycles. The van der Waals surface area contributed by atoms with E-state index in [1.54, 1.807) is 0 Å². The van der Waals surface area contributed by atoms with E-state index >= 15 is 0 Å². The minimum Gasteiger partial charge on any atom is -0.390 e. The molecule has 0 bridgehead atoms. The predicted octanol–water partition coefficient (Wildman–Crippen LogP) is 0.708. The molecule has 0 aromatic heterocycles. The van der Waals surface area contributed by atoms with Gasteiger partial charge in [-0.1, -0.05) is 15.9 Å². The van der Waals surface area contributed by atoms with E-state index in [1.165, 1.54) is 4.48 Å². The van der Waals surface area contributed by atoms with E-state index in [2.05, 4.69) is 25.9 Å². The number of aliphatic hydroxyl groups is 1. The Labute approximate surface area is 84.5 Å². The molecule has 3 nitrogen and oxygen atoms in total. The summed E-state index contributed by atoms with van der Waals surface area (Å²) in [5.74, 6) is 0. The highest BCUT2D eigenvalue weighted by molar-refractivity contribution is 9.11. The minimum absolute atomic E-state index is 0. The smallest absolute Gasteiger partial charge is 0.0875 e. The van der Waals surface area contributed by atoms with Crippen LogP contribution < -0.4 is 0 Å². The van der Waals surface area contributed by atoms with Crippen molar-refractivity contribution >= 4 is 32.9 Å². The van der Waals surface area contributed by atoms with E-state index in [0.29, 0.717) is 0 Å². The minimum atomic E-state index is -0.170. The van der Waals surface area contributed by atoms with Crippen LogP contribution in [-0.4, -0.2) is 40.9 Å². The Hall–Kier alpha value is 0.420. The molecule has 2 heterocycles. The number of aliphatic hydroxyl groups excluding tert-OH is 1. The van der Waals surface area contributed by atoms with Gasteiger partial charge in [-0.2, -0.15) is 0 Å². The molecule has 2 aliphatic heterocycles. The van der Waals surface area contributed by atoms with Crippen LogP contribution in [0.2, 0.25) is 0 Å². The van der Waals surface area contributed by atoms with E-state index in [4.69, 9.17) is 0 Å². The van der Waals surface area contributed by atoms with E-state index in [-0.39, 0.29) is 23.1 Å². The molecule has 1 unspecified atom stereocenters. The Morgan fingerprint density at radius 3 is 2.91 bits per heavy atom. The van der Waals surface area contributed by atoms with Gasteiger partial charge in [0.2, 0.25) is 0 Å².